The lowest BCUT2D eigenvalue weighted by atomic mass is 9.51. The zero-order chi connectivity index (χ0) is 12.8. The van der Waals surface area contributed by atoms with Crippen LogP contribution in [0.25, 0.3) is 0 Å². The predicted octanol–water partition coefficient (Wildman–Crippen LogP) is 2.94. The average molecular weight is 257 g/mol. The van der Waals surface area contributed by atoms with Gasteiger partial charge in [-0.1, -0.05) is 0 Å². The summed E-state index contributed by atoms with van der Waals surface area (Å²) in [5.74, 6) is 4.90. The van der Waals surface area contributed by atoms with Gasteiger partial charge in [0, 0.05) is 24.0 Å². The van der Waals surface area contributed by atoms with Gasteiger partial charge in [0.2, 0.25) is 0 Å². The van der Waals surface area contributed by atoms with Crippen molar-refractivity contribution >= 4 is 0 Å². The standard InChI is InChI=1S/C16H23N3/c17-16(14-7-18-9-19-8-14)6-15-12-2-10-1-11(4-12)5-13(15)3-10/h7-13,15-16H,1-6,17H2. The molecule has 5 rings (SSSR count). The van der Waals surface area contributed by atoms with E-state index in [1.165, 1.54) is 32.1 Å². The summed E-state index contributed by atoms with van der Waals surface area (Å²) >= 11 is 0. The van der Waals surface area contributed by atoms with Gasteiger partial charge in [0.05, 0.1) is 0 Å². The largest absolute Gasteiger partial charge is 0.324 e. The van der Waals surface area contributed by atoms with Crippen LogP contribution in [0.4, 0.5) is 0 Å². The maximum atomic E-state index is 6.39. The lowest BCUT2D eigenvalue weighted by molar-refractivity contribution is -0.0420. The van der Waals surface area contributed by atoms with Gasteiger partial charge in [-0.2, -0.15) is 0 Å². The number of aromatic nitrogens is 2. The molecule has 0 aliphatic heterocycles. The van der Waals surface area contributed by atoms with Crippen LogP contribution in [-0.2, 0) is 0 Å². The van der Waals surface area contributed by atoms with Crippen LogP contribution in [0.2, 0.25) is 0 Å². The second kappa shape index (κ2) is 4.55. The minimum absolute atomic E-state index is 0.128. The molecule has 1 aromatic heterocycles. The summed E-state index contributed by atoms with van der Waals surface area (Å²) in [6, 6.07) is 0.128. The molecule has 0 spiro atoms. The lowest BCUT2D eigenvalue weighted by Gasteiger charge is -2.55. The smallest absolute Gasteiger partial charge is 0.115 e. The highest BCUT2D eigenvalue weighted by Gasteiger charge is 2.48. The highest BCUT2D eigenvalue weighted by Crippen LogP contribution is 2.58. The number of hydrogen-bond donors (Lipinski definition) is 1. The van der Waals surface area contributed by atoms with E-state index in [1.807, 2.05) is 12.4 Å². The maximum Gasteiger partial charge on any atom is 0.115 e. The van der Waals surface area contributed by atoms with Crippen molar-refractivity contribution in [3.63, 3.8) is 0 Å². The summed E-state index contributed by atoms with van der Waals surface area (Å²) in [5, 5.41) is 0. The van der Waals surface area contributed by atoms with Gasteiger partial charge in [0.1, 0.15) is 6.33 Å². The number of nitrogens with zero attached hydrogens (tertiary/aromatic N) is 2. The van der Waals surface area contributed by atoms with Crippen molar-refractivity contribution in [1.82, 2.24) is 9.97 Å². The van der Waals surface area contributed by atoms with E-state index in [-0.39, 0.29) is 6.04 Å². The third kappa shape index (κ3) is 2.08. The van der Waals surface area contributed by atoms with Crippen LogP contribution < -0.4 is 5.73 Å². The summed E-state index contributed by atoms with van der Waals surface area (Å²) in [7, 11) is 0. The lowest BCUT2D eigenvalue weighted by Crippen LogP contribution is -2.45. The number of rotatable bonds is 3. The first-order valence-electron chi connectivity index (χ1n) is 7.80. The topological polar surface area (TPSA) is 51.8 Å². The zero-order valence-electron chi connectivity index (χ0n) is 11.4. The first-order valence-corrected chi connectivity index (χ1v) is 7.80. The van der Waals surface area contributed by atoms with Gasteiger partial charge in [0.25, 0.3) is 0 Å². The Labute approximate surface area is 115 Å². The van der Waals surface area contributed by atoms with Crippen LogP contribution in [0.3, 0.4) is 0 Å². The maximum absolute atomic E-state index is 6.39. The molecule has 4 saturated carbocycles. The van der Waals surface area contributed by atoms with Crippen LogP contribution in [0.5, 0.6) is 0 Å². The molecule has 4 aliphatic rings. The highest BCUT2D eigenvalue weighted by atomic mass is 14.8. The Morgan fingerprint density at radius 3 is 2.16 bits per heavy atom. The second-order valence-corrected chi connectivity index (χ2v) is 7.11. The molecule has 0 radical (unpaired) electrons. The van der Waals surface area contributed by atoms with Gasteiger partial charge in [-0.15, -0.1) is 0 Å². The summed E-state index contributed by atoms with van der Waals surface area (Å²) in [6.45, 7) is 0. The summed E-state index contributed by atoms with van der Waals surface area (Å²) < 4.78 is 0. The van der Waals surface area contributed by atoms with Gasteiger partial charge in [-0.25, -0.2) is 9.97 Å². The normalized spacial score (nSPS) is 41.4. The minimum atomic E-state index is 0.128. The molecule has 1 heterocycles. The molecule has 4 fully saturated rings. The van der Waals surface area contributed by atoms with Crippen molar-refractivity contribution in [2.75, 3.05) is 0 Å². The number of hydrogen-bond acceptors (Lipinski definition) is 3. The molecule has 1 unspecified atom stereocenters. The first kappa shape index (κ1) is 11.8. The SMILES string of the molecule is NC(CC1C2CC3CC(C2)CC1C3)c1cncnc1. The molecule has 102 valence electrons. The van der Waals surface area contributed by atoms with Crippen LogP contribution in [0.15, 0.2) is 18.7 Å². The van der Waals surface area contributed by atoms with Crippen molar-refractivity contribution < 1.29 is 0 Å². The predicted molar refractivity (Wildman–Crippen MR) is 74.1 cm³/mol. The monoisotopic (exact) mass is 257 g/mol. The molecule has 3 nitrogen and oxygen atoms in total. The molecular formula is C16H23N3. The van der Waals surface area contributed by atoms with E-state index in [1.54, 1.807) is 6.33 Å². The molecule has 1 atom stereocenters. The third-order valence-corrected chi connectivity index (χ3v) is 5.96. The van der Waals surface area contributed by atoms with E-state index in [2.05, 4.69) is 9.97 Å². The van der Waals surface area contributed by atoms with Crippen molar-refractivity contribution in [1.29, 1.82) is 0 Å². The zero-order valence-corrected chi connectivity index (χ0v) is 11.4. The van der Waals surface area contributed by atoms with E-state index < -0.39 is 0 Å². The molecule has 3 heteroatoms. The molecule has 2 N–H and O–H groups in total. The average Bonchev–Trinajstić information content (AvgIpc) is 2.43. The fourth-order valence-electron chi connectivity index (χ4n) is 5.35. The van der Waals surface area contributed by atoms with Gasteiger partial charge >= 0.3 is 0 Å². The van der Waals surface area contributed by atoms with Crippen LogP contribution in [-0.4, -0.2) is 9.97 Å². The minimum Gasteiger partial charge on any atom is -0.324 e. The second-order valence-electron chi connectivity index (χ2n) is 7.11. The Kier molecular flexibility index (Phi) is 2.83. The Morgan fingerprint density at radius 2 is 1.58 bits per heavy atom. The van der Waals surface area contributed by atoms with Gasteiger partial charge in [-0.3, -0.25) is 0 Å². The highest BCUT2D eigenvalue weighted by molar-refractivity contribution is 5.10. The van der Waals surface area contributed by atoms with E-state index in [0.29, 0.717) is 0 Å². The fourth-order valence-corrected chi connectivity index (χ4v) is 5.35. The molecule has 0 aromatic carbocycles. The van der Waals surface area contributed by atoms with Crippen molar-refractivity contribution in [3.8, 4) is 0 Å². The Morgan fingerprint density at radius 1 is 1.00 bits per heavy atom. The van der Waals surface area contributed by atoms with E-state index in [4.69, 9.17) is 5.73 Å². The van der Waals surface area contributed by atoms with Crippen molar-refractivity contribution in [3.05, 3.63) is 24.3 Å². The fraction of sp³-hybridized carbons (Fsp3) is 0.750. The Hall–Kier alpha value is -0.960. The first-order chi connectivity index (χ1) is 9.29. The third-order valence-electron chi connectivity index (χ3n) is 5.96. The quantitative estimate of drug-likeness (QED) is 0.905. The Bertz CT molecular complexity index is 417. The van der Waals surface area contributed by atoms with Crippen LogP contribution >= 0.6 is 0 Å². The van der Waals surface area contributed by atoms with E-state index in [9.17, 15) is 0 Å². The summed E-state index contributed by atoms with van der Waals surface area (Å²) in [6.07, 6.45) is 13.9. The molecule has 0 saturated heterocycles. The Balaban J connectivity index is 1.48. The van der Waals surface area contributed by atoms with Gasteiger partial charge < -0.3 is 5.73 Å². The molecule has 4 bridgehead atoms. The molecule has 4 aliphatic carbocycles. The summed E-state index contributed by atoms with van der Waals surface area (Å²) in [5.41, 5.74) is 7.50. The number of nitrogens with two attached hydrogens (primary N) is 1. The van der Waals surface area contributed by atoms with Crippen LogP contribution in [0.1, 0.15) is 50.1 Å². The van der Waals surface area contributed by atoms with E-state index in [0.717, 1.165) is 41.6 Å². The van der Waals surface area contributed by atoms with E-state index >= 15 is 0 Å². The van der Waals surface area contributed by atoms with Gasteiger partial charge in [-0.05, 0) is 68.1 Å². The molecule has 0 amide bonds. The van der Waals surface area contributed by atoms with Crippen molar-refractivity contribution in [2.24, 2.45) is 35.3 Å². The molecule has 19 heavy (non-hydrogen) atoms. The molecule has 1 aromatic rings. The molecular weight excluding hydrogens is 234 g/mol. The summed E-state index contributed by atoms with van der Waals surface area (Å²) in [4.78, 5) is 8.20. The van der Waals surface area contributed by atoms with Crippen molar-refractivity contribution in [2.45, 2.75) is 44.6 Å². The van der Waals surface area contributed by atoms with Gasteiger partial charge in [0.15, 0.2) is 0 Å². The van der Waals surface area contributed by atoms with Crippen LogP contribution in [0, 0.1) is 29.6 Å².